The van der Waals surface area contributed by atoms with Gasteiger partial charge in [0.05, 0.1) is 5.02 Å². The second kappa shape index (κ2) is 5.78. The molecular formula is C15H14ClNO. The van der Waals surface area contributed by atoms with E-state index in [0.717, 1.165) is 17.5 Å². The van der Waals surface area contributed by atoms with Crippen LogP contribution in [0.2, 0.25) is 5.02 Å². The molecule has 0 radical (unpaired) electrons. The highest BCUT2D eigenvalue weighted by Crippen LogP contribution is 2.16. The third kappa shape index (κ3) is 2.96. The third-order valence-corrected chi connectivity index (χ3v) is 3.23. The zero-order valence-electron chi connectivity index (χ0n) is 10.2. The van der Waals surface area contributed by atoms with Gasteiger partial charge in [-0.1, -0.05) is 42.8 Å². The van der Waals surface area contributed by atoms with Gasteiger partial charge in [0.25, 0.3) is 0 Å². The number of hydrogen-bond donors (Lipinski definition) is 0. The van der Waals surface area contributed by atoms with Gasteiger partial charge >= 0.3 is 0 Å². The summed E-state index contributed by atoms with van der Waals surface area (Å²) in [4.78, 5) is 16.0. The lowest BCUT2D eigenvalue weighted by atomic mass is 10.0. The van der Waals surface area contributed by atoms with Crippen molar-refractivity contribution >= 4 is 17.4 Å². The van der Waals surface area contributed by atoms with E-state index in [-0.39, 0.29) is 5.78 Å². The lowest BCUT2D eigenvalue weighted by molar-refractivity contribution is 0.0993. The minimum atomic E-state index is 0.0748. The minimum Gasteiger partial charge on any atom is -0.294 e. The number of aromatic nitrogens is 1. The SMILES string of the molecule is CCc1ccc(C(=O)Cc2ccncc2Cl)cc1. The Morgan fingerprint density at radius 2 is 1.94 bits per heavy atom. The normalized spacial score (nSPS) is 10.3. The van der Waals surface area contributed by atoms with Gasteiger partial charge in [0, 0.05) is 24.4 Å². The monoisotopic (exact) mass is 259 g/mol. The molecule has 3 heteroatoms. The number of Topliss-reactive ketones (excluding diaryl/α,β-unsaturated/α-hetero) is 1. The summed E-state index contributed by atoms with van der Waals surface area (Å²) < 4.78 is 0. The van der Waals surface area contributed by atoms with Crippen LogP contribution in [0.4, 0.5) is 0 Å². The molecule has 0 aliphatic carbocycles. The molecule has 2 rings (SSSR count). The average Bonchev–Trinajstić information content (AvgIpc) is 2.41. The number of ketones is 1. The van der Waals surface area contributed by atoms with E-state index >= 15 is 0 Å². The van der Waals surface area contributed by atoms with Crippen molar-refractivity contribution in [3.05, 3.63) is 64.4 Å². The van der Waals surface area contributed by atoms with E-state index in [9.17, 15) is 4.79 Å². The van der Waals surface area contributed by atoms with Gasteiger partial charge in [-0.15, -0.1) is 0 Å². The molecule has 92 valence electrons. The Morgan fingerprint density at radius 3 is 2.56 bits per heavy atom. The number of aryl methyl sites for hydroxylation is 1. The minimum absolute atomic E-state index is 0.0748. The highest BCUT2D eigenvalue weighted by atomic mass is 35.5. The van der Waals surface area contributed by atoms with Crippen molar-refractivity contribution in [2.75, 3.05) is 0 Å². The molecule has 1 aromatic carbocycles. The predicted molar refractivity (Wildman–Crippen MR) is 73.1 cm³/mol. The number of rotatable bonds is 4. The van der Waals surface area contributed by atoms with Gasteiger partial charge in [-0.25, -0.2) is 0 Å². The fraction of sp³-hybridized carbons (Fsp3) is 0.200. The average molecular weight is 260 g/mol. The van der Waals surface area contributed by atoms with Crippen LogP contribution in [0.25, 0.3) is 0 Å². The van der Waals surface area contributed by atoms with Crippen molar-refractivity contribution in [3.8, 4) is 0 Å². The molecule has 0 amide bonds. The van der Waals surface area contributed by atoms with Crippen LogP contribution < -0.4 is 0 Å². The molecule has 0 spiro atoms. The second-order valence-corrected chi connectivity index (χ2v) is 4.52. The number of benzene rings is 1. The first-order valence-corrected chi connectivity index (χ1v) is 6.29. The molecule has 0 N–H and O–H groups in total. The molecule has 2 aromatic rings. The van der Waals surface area contributed by atoms with Crippen LogP contribution in [-0.4, -0.2) is 10.8 Å². The van der Waals surface area contributed by atoms with Crippen molar-refractivity contribution in [1.29, 1.82) is 0 Å². The van der Waals surface area contributed by atoms with Crippen LogP contribution in [0.3, 0.4) is 0 Å². The Morgan fingerprint density at radius 1 is 1.22 bits per heavy atom. The van der Waals surface area contributed by atoms with Crippen molar-refractivity contribution in [1.82, 2.24) is 4.98 Å². The van der Waals surface area contributed by atoms with E-state index in [1.165, 1.54) is 5.56 Å². The summed E-state index contributed by atoms with van der Waals surface area (Å²) in [5.41, 5.74) is 2.77. The van der Waals surface area contributed by atoms with Crippen molar-refractivity contribution in [2.45, 2.75) is 19.8 Å². The topological polar surface area (TPSA) is 30.0 Å². The van der Waals surface area contributed by atoms with E-state index in [1.54, 1.807) is 18.5 Å². The van der Waals surface area contributed by atoms with Crippen LogP contribution in [0, 0.1) is 0 Å². The largest absolute Gasteiger partial charge is 0.294 e. The molecule has 0 unspecified atom stereocenters. The first-order chi connectivity index (χ1) is 8.70. The molecule has 0 fully saturated rings. The molecule has 0 saturated carbocycles. The van der Waals surface area contributed by atoms with E-state index in [1.807, 2.05) is 24.3 Å². The maximum absolute atomic E-state index is 12.1. The van der Waals surface area contributed by atoms with Crippen LogP contribution >= 0.6 is 11.6 Å². The Kier molecular flexibility index (Phi) is 4.11. The number of carbonyl (C=O) groups excluding carboxylic acids is 1. The van der Waals surface area contributed by atoms with E-state index in [4.69, 9.17) is 11.6 Å². The Balaban J connectivity index is 2.14. The maximum atomic E-state index is 12.1. The van der Waals surface area contributed by atoms with Crippen LogP contribution in [-0.2, 0) is 12.8 Å². The molecule has 0 aliphatic rings. The zero-order chi connectivity index (χ0) is 13.0. The Labute approximate surface area is 112 Å². The standard InChI is InChI=1S/C15H14ClNO/c1-2-11-3-5-12(6-4-11)15(18)9-13-7-8-17-10-14(13)16/h3-8,10H,2,9H2,1H3. The van der Waals surface area contributed by atoms with Crippen molar-refractivity contribution in [3.63, 3.8) is 0 Å². The molecule has 1 heterocycles. The van der Waals surface area contributed by atoms with Gasteiger partial charge in [0.2, 0.25) is 0 Å². The fourth-order valence-corrected chi connectivity index (χ4v) is 1.93. The second-order valence-electron chi connectivity index (χ2n) is 4.12. The predicted octanol–water partition coefficient (Wildman–Crippen LogP) is 3.72. The lowest BCUT2D eigenvalue weighted by Gasteiger charge is -2.04. The molecule has 1 aromatic heterocycles. The summed E-state index contributed by atoms with van der Waals surface area (Å²) in [7, 11) is 0. The van der Waals surface area contributed by atoms with Gasteiger partial charge in [-0.2, -0.15) is 0 Å². The van der Waals surface area contributed by atoms with E-state index < -0.39 is 0 Å². The Hall–Kier alpha value is -1.67. The number of pyridine rings is 1. The first kappa shape index (κ1) is 12.8. The number of halogens is 1. The molecule has 0 atom stereocenters. The smallest absolute Gasteiger partial charge is 0.167 e. The van der Waals surface area contributed by atoms with E-state index in [0.29, 0.717) is 11.4 Å². The molecule has 0 bridgehead atoms. The molecule has 0 saturated heterocycles. The third-order valence-electron chi connectivity index (χ3n) is 2.89. The number of nitrogens with zero attached hydrogens (tertiary/aromatic N) is 1. The van der Waals surface area contributed by atoms with E-state index in [2.05, 4.69) is 11.9 Å². The fourth-order valence-electron chi connectivity index (χ4n) is 1.75. The van der Waals surface area contributed by atoms with Crippen LogP contribution in [0.5, 0.6) is 0 Å². The molecular weight excluding hydrogens is 246 g/mol. The summed E-state index contributed by atoms with van der Waals surface area (Å²) in [6.45, 7) is 2.09. The van der Waals surface area contributed by atoms with Crippen LogP contribution in [0.15, 0.2) is 42.7 Å². The summed E-state index contributed by atoms with van der Waals surface area (Å²) in [6.07, 6.45) is 4.50. The quantitative estimate of drug-likeness (QED) is 0.784. The summed E-state index contributed by atoms with van der Waals surface area (Å²) in [6, 6.07) is 9.50. The summed E-state index contributed by atoms with van der Waals surface area (Å²) in [5.74, 6) is 0.0748. The van der Waals surface area contributed by atoms with Gasteiger partial charge < -0.3 is 0 Å². The van der Waals surface area contributed by atoms with Crippen molar-refractivity contribution < 1.29 is 4.79 Å². The molecule has 0 aliphatic heterocycles. The maximum Gasteiger partial charge on any atom is 0.167 e. The lowest BCUT2D eigenvalue weighted by Crippen LogP contribution is -2.04. The summed E-state index contributed by atoms with van der Waals surface area (Å²) in [5, 5.41) is 0.538. The van der Waals surface area contributed by atoms with Gasteiger partial charge in [-0.05, 0) is 23.6 Å². The number of hydrogen-bond acceptors (Lipinski definition) is 2. The summed E-state index contributed by atoms with van der Waals surface area (Å²) >= 11 is 5.99. The van der Waals surface area contributed by atoms with Gasteiger partial charge in [0.1, 0.15) is 0 Å². The highest BCUT2D eigenvalue weighted by molar-refractivity contribution is 6.31. The zero-order valence-corrected chi connectivity index (χ0v) is 10.9. The first-order valence-electron chi connectivity index (χ1n) is 5.91. The van der Waals surface area contributed by atoms with Crippen molar-refractivity contribution in [2.24, 2.45) is 0 Å². The Bertz CT molecular complexity index is 549. The number of carbonyl (C=O) groups is 1. The molecule has 2 nitrogen and oxygen atoms in total. The van der Waals surface area contributed by atoms with Gasteiger partial charge in [-0.3, -0.25) is 9.78 Å². The van der Waals surface area contributed by atoms with Crippen LogP contribution in [0.1, 0.15) is 28.4 Å². The molecule has 18 heavy (non-hydrogen) atoms. The highest BCUT2D eigenvalue weighted by Gasteiger charge is 2.09. The van der Waals surface area contributed by atoms with Gasteiger partial charge in [0.15, 0.2) is 5.78 Å².